The fourth-order valence-electron chi connectivity index (χ4n) is 1.63. The van der Waals surface area contributed by atoms with Crippen molar-refractivity contribution in [3.05, 3.63) is 52.5 Å². The van der Waals surface area contributed by atoms with E-state index in [4.69, 9.17) is 16.3 Å². The lowest BCUT2D eigenvalue weighted by Crippen LogP contribution is -1.92. The molecule has 0 radical (unpaired) electrons. The Morgan fingerprint density at radius 2 is 1.95 bits per heavy atom. The Morgan fingerprint density at radius 3 is 2.60 bits per heavy atom. The van der Waals surface area contributed by atoms with Gasteiger partial charge in [0.05, 0.1) is 24.0 Å². The number of benzene rings is 2. The van der Waals surface area contributed by atoms with Crippen molar-refractivity contribution in [3.63, 3.8) is 0 Å². The molecule has 0 spiro atoms. The summed E-state index contributed by atoms with van der Waals surface area (Å²) in [5.74, 6) is 0.243. The Labute approximate surface area is 122 Å². The fraction of sp³-hybridized carbons (Fsp3) is 0.133. The molecule has 0 amide bonds. The van der Waals surface area contributed by atoms with Crippen LogP contribution >= 0.6 is 11.6 Å². The molecule has 0 fully saturated rings. The SMILES string of the molecule is COc1cc(C=NNc2ccc(C)cc2)cc(Cl)c1O. The van der Waals surface area contributed by atoms with Crippen molar-refractivity contribution in [2.75, 3.05) is 12.5 Å². The van der Waals surface area contributed by atoms with Crippen LogP contribution in [-0.2, 0) is 0 Å². The van der Waals surface area contributed by atoms with Gasteiger partial charge in [0.1, 0.15) is 0 Å². The van der Waals surface area contributed by atoms with Crippen LogP contribution < -0.4 is 10.2 Å². The van der Waals surface area contributed by atoms with Gasteiger partial charge in [-0.1, -0.05) is 29.3 Å². The number of halogens is 1. The van der Waals surface area contributed by atoms with E-state index < -0.39 is 0 Å². The fourth-order valence-corrected chi connectivity index (χ4v) is 1.85. The number of phenolic OH excluding ortho intramolecular Hbond substituents is 1. The van der Waals surface area contributed by atoms with E-state index in [0.717, 1.165) is 11.3 Å². The number of anilines is 1. The third-order valence-corrected chi connectivity index (χ3v) is 3.02. The lowest BCUT2D eigenvalue weighted by molar-refractivity contribution is 0.373. The molecule has 0 saturated carbocycles. The number of methoxy groups -OCH3 is 1. The maximum absolute atomic E-state index is 9.63. The maximum Gasteiger partial charge on any atom is 0.176 e. The average molecular weight is 291 g/mol. The number of ether oxygens (including phenoxy) is 1. The highest BCUT2D eigenvalue weighted by Crippen LogP contribution is 2.34. The van der Waals surface area contributed by atoms with E-state index in [9.17, 15) is 5.11 Å². The van der Waals surface area contributed by atoms with Crippen LogP contribution in [0.3, 0.4) is 0 Å². The molecule has 5 heteroatoms. The maximum atomic E-state index is 9.63. The summed E-state index contributed by atoms with van der Waals surface area (Å²) >= 11 is 5.90. The number of hydrogen-bond acceptors (Lipinski definition) is 4. The summed E-state index contributed by atoms with van der Waals surface area (Å²) in [5, 5.41) is 14.0. The molecule has 104 valence electrons. The van der Waals surface area contributed by atoms with E-state index in [1.54, 1.807) is 18.3 Å². The third kappa shape index (κ3) is 3.42. The van der Waals surface area contributed by atoms with Gasteiger partial charge in [0, 0.05) is 0 Å². The zero-order chi connectivity index (χ0) is 14.5. The molecule has 0 bridgehead atoms. The highest BCUT2D eigenvalue weighted by Gasteiger charge is 2.07. The minimum Gasteiger partial charge on any atom is -0.503 e. The number of aromatic hydroxyl groups is 1. The summed E-state index contributed by atoms with van der Waals surface area (Å²) in [7, 11) is 1.47. The molecular weight excluding hydrogens is 276 g/mol. The van der Waals surface area contributed by atoms with Gasteiger partial charge in [-0.2, -0.15) is 5.10 Å². The largest absolute Gasteiger partial charge is 0.503 e. The van der Waals surface area contributed by atoms with Crippen LogP contribution in [0.1, 0.15) is 11.1 Å². The van der Waals surface area contributed by atoms with Crippen LogP contribution in [0.2, 0.25) is 5.02 Å². The Kier molecular flexibility index (Phi) is 4.48. The first-order valence-electron chi connectivity index (χ1n) is 6.02. The first kappa shape index (κ1) is 14.2. The van der Waals surface area contributed by atoms with Crippen LogP contribution in [0.4, 0.5) is 5.69 Å². The minimum absolute atomic E-state index is 0.0715. The van der Waals surface area contributed by atoms with E-state index in [0.29, 0.717) is 5.75 Å². The van der Waals surface area contributed by atoms with Gasteiger partial charge in [0.2, 0.25) is 0 Å². The number of aryl methyl sites for hydroxylation is 1. The highest BCUT2D eigenvalue weighted by atomic mass is 35.5. The van der Waals surface area contributed by atoms with Crippen molar-refractivity contribution < 1.29 is 9.84 Å². The standard InChI is InChI=1S/C15H15ClN2O2/c1-10-3-5-12(6-4-10)18-17-9-11-7-13(16)15(19)14(8-11)20-2/h3-9,18-19H,1-2H3. The quantitative estimate of drug-likeness (QED) is 0.665. The predicted octanol–water partition coefficient (Wildman–Crippen LogP) is 3.81. The Hall–Kier alpha value is -2.20. The second-order valence-electron chi connectivity index (χ2n) is 4.29. The molecule has 20 heavy (non-hydrogen) atoms. The topological polar surface area (TPSA) is 53.8 Å². The molecule has 2 aromatic carbocycles. The highest BCUT2D eigenvalue weighted by molar-refractivity contribution is 6.32. The van der Waals surface area contributed by atoms with Crippen LogP contribution in [0.25, 0.3) is 0 Å². The number of hydrazone groups is 1. The van der Waals surface area contributed by atoms with Gasteiger partial charge in [-0.05, 0) is 36.8 Å². The van der Waals surface area contributed by atoms with Gasteiger partial charge in [-0.3, -0.25) is 5.43 Å². The van der Waals surface area contributed by atoms with Gasteiger partial charge in [0.25, 0.3) is 0 Å². The van der Waals surface area contributed by atoms with Crippen molar-refractivity contribution in [1.29, 1.82) is 0 Å². The average Bonchev–Trinajstić information content (AvgIpc) is 2.44. The summed E-state index contributed by atoms with van der Waals surface area (Å²) in [6, 6.07) is 11.1. The molecule has 0 saturated heterocycles. The van der Waals surface area contributed by atoms with Gasteiger partial charge < -0.3 is 9.84 Å². The monoisotopic (exact) mass is 290 g/mol. The van der Waals surface area contributed by atoms with Crippen molar-refractivity contribution in [3.8, 4) is 11.5 Å². The molecule has 0 aromatic heterocycles. The second-order valence-corrected chi connectivity index (χ2v) is 4.70. The van der Waals surface area contributed by atoms with Gasteiger partial charge in [-0.25, -0.2) is 0 Å². The number of nitrogens with one attached hydrogen (secondary N) is 1. The Morgan fingerprint density at radius 1 is 1.25 bits per heavy atom. The third-order valence-electron chi connectivity index (χ3n) is 2.73. The summed E-state index contributed by atoms with van der Waals surface area (Å²) in [4.78, 5) is 0. The van der Waals surface area contributed by atoms with E-state index in [2.05, 4.69) is 10.5 Å². The van der Waals surface area contributed by atoms with Crippen LogP contribution in [0.5, 0.6) is 11.5 Å². The summed E-state index contributed by atoms with van der Waals surface area (Å²) in [5.41, 5.74) is 5.72. The van der Waals surface area contributed by atoms with Crippen LogP contribution in [0.15, 0.2) is 41.5 Å². The van der Waals surface area contributed by atoms with Gasteiger partial charge in [-0.15, -0.1) is 0 Å². The van der Waals surface area contributed by atoms with Gasteiger partial charge >= 0.3 is 0 Å². The lowest BCUT2D eigenvalue weighted by Gasteiger charge is -2.06. The van der Waals surface area contributed by atoms with Crippen LogP contribution in [-0.4, -0.2) is 18.4 Å². The molecular formula is C15H15ClN2O2. The smallest absolute Gasteiger partial charge is 0.176 e. The molecule has 0 aliphatic heterocycles. The predicted molar refractivity (Wildman–Crippen MR) is 82.1 cm³/mol. The Bertz CT molecular complexity index is 625. The number of phenols is 1. The first-order chi connectivity index (χ1) is 9.60. The van der Waals surface area contributed by atoms with Crippen LogP contribution in [0, 0.1) is 6.92 Å². The number of rotatable bonds is 4. The van der Waals surface area contributed by atoms with Crippen molar-refractivity contribution in [2.24, 2.45) is 5.10 Å². The van der Waals surface area contributed by atoms with E-state index in [1.165, 1.54) is 12.7 Å². The molecule has 0 aliphatic rings. The summed E-state index contributed by atoms with van der Waals surface area (Å²) in [6.45, 7) is 2.03. The van der Waals surface area contributed by atoms with Crippen molar-refractivity contribution in [1.82, 2.24) is 0 Å². The zero-order valence-corrected chi connectivity index (χ0v) is 12.0. The summed E-state index contributed by atoms with van der Waals surface area (Å²) in [6.07, 6.45) is 1.60. The minimum atomic E-state index is -0.0715. The summed E-state index contributed by atoms with van der Waals surface area (Å²) < 4.78 is 5.03. The number of nitrogens with zero attached hydrogens (tertiary/aromatic N) is 1. The molecule has 2 rings (SSSR count). The zero-order valence-electron chi connectivity index (χ0n) is 11.2. The van der Waals surface area contributed by atoms with E-state index in [1.807, 2.05) is 31.2 Å². The lowest BCUT2D eigenvalue weighted by atomic mass is 10.2. The second kappa shape index (κ2) is 6.30. The molecule has 2 N–H and O–H groups in total. The van der Waals surface area contributed by atoms with E-state index in [-0.39, 0.29) is 10.8 Å². The van der Waals surface area contributed by atoms with Crippen molar-refractivity contribution in [2.45, 2.75) is 6.92 Å². The van der Waals surface area contributed by atoms with Crippen molar-refractivity contribution >= 4 is 23.5 Å². The van der Waals surface area contributed by atoms with E-state index >= 15 is 0 Å². The molecule has 0 unspecified atom stereocenters. The van der Waals surface area contributed by atoms with Gasteiger partial charge in [0.15, 0.2) is 11.5 Å². The molecule has 0 atom stereocenters. The molecule has 0 heterocycles. The molecule has 2 aromatic rings. The Balaban J connectivity index is 2.11. The molecule has 4 nitrogen and oxygen atoms in total. The number of hydrogen-bond donors (Lipinski definition) is 2. The normalized spacial score (nSPS) is 10.8. The first-order valence-corrected chi connectivity index (χ1v) is 6.40. The molecule has 0 aliphatic carbocycles.